The average Bonchev–Trinajstić information content (AvgIpc) is 1.94. The van der Waals surface area contributed by atoms with Crippen molar-refractivity contribution >= 4 is 32.8 Å². The first-order valence-electron chi connectivity index (χ1n) is 3.38. The molecule has 0 amide bonds. The van der Waals surface area contributed by atoms with Crippen LogP contribution in [0.25, 0.3) is 0 Å². The highest BCUT2D eigenvalue weighted by molar-refractivity contribution is 14.1. The molecule has 72 valence electrons. The van der Waals surface area contributed by atoms with Crippen LogP contribution in [0.5, 0.6) is 0 Å². The molecular formula is C7H6F3IOSi. The van der Waals surface area contributed by atoms with Gasteiger partial charge in [0.05, 0.1) is 0 Å². The molecule has 0 aliphatic rings. The van der Waals surface area contributed by atoms with Gasteiger partial charge in [-0.1, -0.05) is 21.8 Å². The van der Waals surface area contributed by atoms with Gasteiger partial charge in [0.1, 0.15) is 5.82 Å². The summed E-state index contributed by atoms with van der Waals surface area (Å²) in [5, 5.41) is -0.132. The van der Waals surface area contributed by atoms with Crippen LogP contribution in [-0.4, -0.2) is 10.6 Å². The van der Waals surface area contributed by atoms with Crippen LogP contribution in [0.1, 0.15) is 0 Å². The van der Waals surface area contributed by atoms with E-state index in [9.17, 15) is 18.0 Å². The summed E-state index contributed by atoms with van der Waals surface area (Å²) < 4.78 is 38.1. The topological polar surface area (TPSA) is 20.2 Å². The summed E-state index contributed by atoms with van der Waals surface area (Å²) in [6, 6.07) is 1.16. The van der Waals surface area contributed by atoms with Crippen molar-refractivity contribution in [1.82, 2.24) is 0 Å². The first kappa shape index (κ1) is 11.0. The molecule has 6 heteroatoms. The van der Waals surface area contributed by atoms with E-state index >= 15 is 0 Å². The van der Waals surface area contributed by atoms with Crippen molar-refractivity contribution in [2.45, 2.75) is 6.55 Å². The number of rotatable bonds is 1. The average molecular weight is 318 g/mol. The largest absolute Gasteiger partial charge is 0.420 e. The fourth-order valence-corrected chi connectivity index (χ4v) is 3.01. The SMILES string of the molecule is C[Si](O)(I)c1cc(F)c(F)cc1F. The van der Waals surface area contributed by atoms with Gasteiger partial charge in [0.25, 0.3) is 5.81 Å². The lowest BCUT2D eigenvalue weighted by molar-refractivity contribution is 0.495. The summed E-state index contributed by atoms with van der Waals surface area (Å²) in [5.74, 6) is -6.22. The molecule has 1 aromatic carbocycles. The number of hydrogen-bond acceptors (Lipinski definition) is 1. The van der Waals surface area contributed by atoms with E-state index in [1.165, 1.54) is 6.55 Å². The van der Waals surface area contributed by atoms with E-state index in [2.05, 4.69) is 0 Å². The van der Waals surface area contributed by atoms with Gasteiger partial charge in [-0.25, -0.2) is 13.2 Å². The molecule has 1 atom stereocenters. The Morgan fingerprint density at radius 2 is 1.62 bits per heavy atom. The molecule has 13 heavy (non-hydrogen) atoms. The molecule has 1 aromatic rings. The second-order valence-corrected chi connectivity index (χ2v) is 11.4. The summed E-state index contributed by atoms with van der Waals surface area (Å²) in [5.41, 5.74) is 0. The van der Waals surface area contributed by atoms with Gasteiger partial charge in [-0.2, -0.15) is 0 Å². The summed E-state index contributed by atoms with van der Waals surface area (Å²) in [6.07, 6.45) is 0. The molecular weight excluding hydrogens is 312 g/mol. The maximum absolute atomic E-state index is 13.0. The molecule has 0 aromatic heterocycles. The normalized spacial score (nSPS) is 15.5. The van der Waals surface area contributed by atoms with E-state index in [0.29, 0.717) is 12.1 Å². The van der Waals surface area contributed by atoms with Crippen molar-refractivity contribution < 1.29 is 18.0 Å². The Labute approximate surface area is 86.9 Å². The highest BCUT2D eigenvalue weighted by Crippen LogP contribution is 2.14. The molecule has 0 aliphatic heterocycles. The second kappa shape index (κ2) is 3.58. The zero-order valence-electron chi connectivity index (χ0n) is 6.61. The van der Waals surface area contributed by atoms with E-state index in [-0.39, 0.29) is 5.19 Å². The molecule has 0 fully saturated rings. The third-order valence-corrected chi connectivity index (χ3v) is 4.61. The number of hydrogen-bond donors (Lipinski definition) is 1. The van der Waals surface area contributed by atoms with Gasteiger partial charge < -0.3 is 4.80 Å². The van der Waals surface area contributed by atoms with Gasteiger partial charge in [0.2, 0.25) is 0 Å². The van der Waals surface area contributed by atoms with Crippen molar-refractivity contribution in [3.05, 3.63) is 29.6 Å². The Kier molecular flexibility index (Phi) is 3.03. The molecule has 0 aliphatic carbocycles. The van der Waals surface area contributed by atoms with Crippen LogP contribution < -0.4 is 5.19 Å². The van der Waals surface area contributed by atoms with Crippen LogP contribution >= 0.6 is 21.8 Å². The van der Waals surface area contributed by atoms with Crippen molar-refractivity contribution in [2.24, 2.45) is 0 Å². The molecule has 0 spiro atoms. The second-order valence-electron chi connectivity index (χ2n) is 2.70. The minimum Gasteiger partial charge on any atom is -0.420 e. The molecule has 0 bridgehead atoms. The van der Waals surface area contributed by atoms with Crippen LogP contribution in [0.4, 0.5) is 13.2 Å². The van der Waals surface area contributed by atoms with Crippen LogP contribution in [0, 0.1) is 17.5 Å². The van der Waals surface area contributed by atoms with E-state index in [1.807, 2.05) is 0 Å². The van der Waals surface area contributed by atoms with Crippen LogP contribution in [0.2, 0.25) is 6.55 Å². The molecule has 0 radical (unpaired) electrons. The summed E-state index contributed by atoms with van der Waals surface area (Å²) >= 11 is 1.66. The highest BCUT2D eigenvalue weighted by Gasteiger charge is 2.28. The Morgan fingerprint density at radius 3 is 2.08 bits per heavy atom. The quantitative estimate of drug-likeness (QED) is 0.362. The Balaban J connectivity index is 3.32. The maximum atomic E-state index is 13.0. The molecule has 1 rings (SSSR count). The summed E-state index contributed by atoms with van der Waals surface area (Å²) in [4.78, 5) is 9.48. The maximum Gasteiger partial charge on any atom is 0.287 e. The lowest BCUT2D eigenvalue weighted by Gasteiger charge is -2.13. The van der Waals surface area contributed by atoms with Crippen molar-refractivity contribution in [3.63, 3.8) is 0 Å². The van der Waals surface area contributed by atoms with Crippen molar-refractivity contribution in [2.75, 3.05) is 0 Å². The first-order valence-corrected chi connectivity index (χ1v) is 8.95. The van der Waals surface area contributed by atoms with Gasteiger partial charge in [-0.15, -0.1) is 0 Å². The predicted molar refractivity (Wildman–Crippen MR) is 53.8 cm³/mol. The van der Waals surface area contributed by atoms with Crippen LogP contribution in [0.15, 0.2) is 12.1 Å². The predicted octanol–water partition coefficient (Wildman–Crippen LogP) is 1.81. The number of benzene rings is 1. The Hall–Kier alpha value is -0.0831. The third kappa shape index (κ3) is 2.44. The zero-order chi connectivity index (χ0) is 10.2. The van der Waals surface area contributed by atoms with Crippen molar-refractivity contribution in [3.8, 4) is 0 Å². The van der Waals surface area contributed by atoms with Gasteiger partial charge in [0, 0.05) is 11.3 Å². The minimum atomic E-state index is -2.94. The summed E-state index contributed by atoms with van der Waals surface area (Å²) in [7, 11) is 0. The van der Waals surface area contributed by atoms with Gasteiger partial charge in [-0.05, 0) is 12.6 Å². The molecule has 1 N–H and O–H groups in total. The molecule has 0 saturated heterocycles. The lowest BCUT2D eigenvalue weighted by atomic mass is 10.3. The molecule has 1 unspecified atom stereocenters. The Bertz CT molecular complexity index is 337. The summed E-state index contributed by atoms with van der Waals surface area (Å²) in [6.45, 7) is 1.42. The fourth-order valence-electron chi connectivity index (χ4n) is 0.872. The highest BCUT2D eigenvalue weighted by atomic mass is 127. The molecule has 0 saturated carbocycles. The van der Waals surface area contributed by atoms with Crippen LogP contribution in [-0.2, 0) is 0 Å². The number of halogens is 4. The van der Waals surface area contributed by atoms with E-state index in [1.54, 1.807) is 21.8 Å². The Morgan fingerprint density at radius 1 is 1.15 bits per heavy atom. The monoisotopic (exact) mass is 318 g/mol. The van der Waals surface area contributed by atoms with Gasteiger partial charge >= 0.3 is 0 Å². The van der Waals surface area contributed by atoms with Crippen molar-refractivity contribution in [1.29, 1.82) is 0 Å². The first-order chi connectivity index (χ1) is 5.82. The van der Waals surface area contributed by atoms with E-state index < -0.39 is 23.3 Å². The molecule has 0 heterocycles. The zero-order valence-corrected chi connectivity index (χ0v) is 9.77. The van der Waals surface area contributed by atoms with E-state index in [0.717, 1.165) is 0 Å². The smallest absolute Gasteiger partial charge is 0.287 e. The van der Waals surface area contributed by atoms with Gasteiger partial charge in [0.15, 0.2) is 11.6 Å². The lowest BCUT2D eigenvalue weighted by Crippen LogP contribution is -2.41. The van der Waals surface area contributed by atoms with Crippen LogP contribution in [0.3, 0.4) is 0 Å². The van der Waals surface area contributed by atoms with E-state index in [4.69, 9.17) is 0 Å². The standard InChI is InChI=1S/C7H6F3IOSi/c1-13(11,12)7-3-5(9)4(8)2-6(7)10/h2-3,12H,1H3. The third-order valence-electron chi connectivity index (χ3n) is 1.50. The van der Waals surface area contributed by atoms with Gasteiger partial charge in [-0.3, -0.25) is 0 Å². The molecule has 1 nitrogen and oxygen atoms in total. The minimum absolute atomic E-state index is 0.132. The fraction of sp³-hybridized carbons (Fsp3) is 0.143.